The third-order valence-corrected chi connectivity index (χ3v) is 3.89. The zero-order valence-corrected chi connectivity index (χ0v) is 13.5. The summed E-state index contributed by atoms with van der Waals surface area (Å²) in [6.07, 6.45) is 0.675. The van der Waals surface area contributed by atoms with Gasteiger partial charge in [0.1, 0.15) is 17.6 Å². The van der Waals surface area contributed by atoms with Gasteiger partial charge in [0.15, 0.2) is 0 Å². The summed E-state index contributed by atoms with van der Waals surface area (Å²) in [5.41, 5.74) is 3.34. The van der Waals surface area contributed by atoms with Gasteiger partial charge in [-0.1, -0.05) is 26.0 Å². The quantitative estimate of drug-likeness (QED) is 0.753. The van der Waals surface area contributed by atoms with Gasteiger partial charge in [-0.25, -0.2) is 4.39 Å². The molecule has 1 heterocycles. The number of hydrogen-bond acceptors (Lipinski definition) is 3. The van der Waals surface area contributed by atoms with Crippen LogP contribution in [0.25, 0.3) is 22.0 Å². The molecule has 3 nitrogen and oxygen atoms in total. The van der Waals surface area contributed by atoms with Crippen molar-refractivity contribution >= 4 is 10.9 Å². The van der Waals surface area contributed by atoms with E-state index in [2.05, 4.69) is 24.9 Å². The Bertz CT molecular complexity index is 940. The molecule has 0 saturated heterocycles. The van der Waals surface area contributed by atoms with Crippen molar-refractivity contribution in [2.75, 3.05) is 0 Å². The van der Waals surface area contributed by atoms with Crippen LogP contribution < -0.4 is 0 Å². The summed E-state index contributed by atoms with van der Waals surface area (Å²) in [4.78, 5) is 4.62. The van der Waals surface area contributed by atoms with Crippen LogP contribution in [-0.4, -0.2) is 10.1 Å². The van der Waals surface area contributed by atoms with Gasteiger partial charge >= 0.3 is 0 Å². The van der Waals surface area contributed by atoms with Crippen molar-refractivity contribution in [3.05, 3.63) is 59.5 Å². The molecule has 0 aliphatic carbocycles. The summed E-state index contributed by atoms with van der Waals surface area (Å²) >= 11 is 0. The van der Waals surface area contributed by atoms with Gasteiger partial charge in [0.05, 0.1) is 16.8 Å². The zero-order chi connectivity index (χ0) is 17.3. The number of phenols is 1. The number of fused-ring (bicyclic) bond motifs is 1. The second-order valence-electron chi connectivity index (χ2n) is 6.23. The second-order valence-corrected chi connectivity index (χ2v) is 6.23. The van der Waals surface area contributed by atoms with E-state index in [-0.39, 0.29) is 11.6 Å². The maximum absolute atomic E-state index is 13.3. The average molecular weight is 320 g/mol. The van der Waals surface area contributed by atoms with E-state index >= 15 is 0 Å². The van der Waals surface area contributed by atoms with E-state index in [4.69, 9.17) is 0 Å². The van der Waals surface area contributed by atoms with Crippen LogP contribution >= 0.6 is 0 Å². The molecule has 0 aliphatic heterocycles. The molecule has 0 fully saturated rings. The lowest BCUT2D eigenvalue weighted by atomic mass is 9.92. The van der Waals surface area contributed by atoms with E-state index in [1.807, 2.05) is 0 Å². The minimum atomic E-state index is -0.333. The molecule has 1 N–H and O–H groups in total. The highest BCUT2D eigenvalue weighted by molar-refractivity contribution is 5.98. The van der Waals surface area contributed by atoms with Crippen molar-refractivity contribution in [1.29, 1.82) is 5.26 Å². The summed E-state index contributed by atoms with van der Waals surface area (Å²) in [6, 6.07) is 13.2. The van der Waals surface area contributed by atoms with E-state index in [1.54, 1.807) is 30.3 Å². The Morgan fingerprint density at radius 1 is 1.17 bits per heavy atom. The predicted molar refractivity (Wildman–Crippen MR) is 92.1 cm³/mol. The molecule has 0 atom stereocenters. The smallest absolute Gasteiger partial charge is 0.123 e. The molecule has 3 rings (SSSR count). The highest BCUT2D eigenvalue weighted by Gasteiger charge is 2.18. The Hall–Kier alpha value is -2.93. The minimum absolute atomic E-state index is 0.105. The van der Waals surface area contributed by atoms with Crippen molar-refractivity contribution in [1.82, 2.24) is 4.98 Å². The number of benzene rings is 2. The van der Waals surface area contributed by atoms with E-state index in [0.29, 0.717) is 34.4 Å². The molecule has 0 radical (unpaired) electrons. The number of phenolic OH excluding ortho intramolecular Hbond substituents is 1. The number of aromatic hydroxyl groups is 1. The minimum Gasteiger partial charge on any atom is -0.508 e. The molecule has 24 heavy (non-hydrogen) atoms. The van der Waals surface area contributed by atoms with Crippen LogP contribution in [0.15, 0.2) is 42.5 Å². The molecule has 1 aromatic heterocycles. The van der Waals surface area contributed by atoms with Crippen molar-refractivity contribution < 1.29 is 9.50 Å². The molecule has 0 unspecified atom stereocenters. The first kappa shape index (κ1) is 15.9. The van der Waals surface area contributed by atoms with Gasteiger partial charge in [0.2, 0.25) is 0 Å². The number of rotatable bonds is 3. The average Bonchev–Trinajstić information content (AvgIpc) is 2.54. The van der Waals surface area contributed by atoms with Crippen molar-refractivity contribution in [3.8, 4) is 22.9 Å². The van der Waals surface area contributed by atoms with Crippen LogP contribution in [0.1, 0.15) is 25.1 Å². The number of aromatic nitrogens is 1. The molecule has 0 amide bonds. The number of pyridine rings is 1. The summed E-state index contributed by atoms with van der Waals surface area (Å²) in [5.74, 6) is 0.120. The third-order valence-electron chi connectivity index (χ3n) is 3.89. The molecule has 2 aromatic carbocycles. The van der Waals surface area contributed by atoms with Crippen LogP contribution in [0, 0.1) is 23.1 Å². The summed E-state index contributed by atoms with van der Waals surface area (Å²) < 4.78 is 13.3. The van der Waals surface area contributed by atoms with Gasteiger partial charge in [-0.3, -0.25) is 4.98 Å². The van der Waals surface area contributed by atoms with Gasteiger partial charge in [-0.05, 0) is 48.2 Å². The molecule has 3 aromatic rings. The molecule has 4 heteroatoms. The predicted octanol–water partition coefficient (Wildman–Crippen LogP) is 4.82. The van der Waals surface area contributed by atoms with Crippen molar-refractivity contribution in [2.24, 2.45) is 5.92 Å². The van der Waals surface area contributed by atoms with E-state index < -0.39 is 0 Å². The Labute approximate surface area is 140 Å². The fourth-order valence-corrected chi connectivity index (χ4v) is 2.87. The first-order chi connectivity index (χ1) is 11.5. The normalized spacial score (nSPS) is 11.0. The fraction of sp³-hybridized carbons (Fsp3) is 0.200. The Morgan fingerprint density at radius 2 is 1.88 bits per heavy atom. The highest BCUT2D eigenvalue weighted by atomic mass is 19.1. The lowest BCUT2D eigenvalue weighted by Crippen LogP contribution is -2.04. The summed E-state index contributed by atoms with van der Waals surface area (Å²) in [5, 5.41) is 20.3. The number of nitrogens with zero attached hydrogens (tertiary/aromatic N) is 2. The van der Waals surface area contributed by atoms with E-state index in [1.165, 1.54) is 12.1 Å². The van der Waals surface area contributed by atoms with Crippen LogP contribution in [0.2, 0.25) is 0 Å². The van der Waals surface area contributed by atoms with Gasteiger partial charge < -0.3 is 5.11 Å². The highest BCUT2D eigenvalue weighted by Crippen LogP contribution is 2.35. The van der Waals surface area contributed by atoms with Crippen LogP contribution in [0.5, 0.6) is 5.75 Å². The monoisotopic (exact) mass is 320 g/mol. The Balaban J connectivity index is 2.39. The van der Waals surface area contributed by atoms with Crippen LogP contribution in [-0.2, 0) is 6.42 Å². The van der Waals surface area contributed by atoms with E-state index in [9.17, 15) is 14.8 Å². The molecule has 0 bridgehead atoms. The first-order valence-corrected chi connectivity index (χ1v) is 7.81. The molecule has 0 aliphatic rings. The SMILES string of the molecule is CC(C)Cc1nc2ccc(O)cc2c(-c2ccc(F)cc2)c1C#N. The second kappa shape index (κ2) is 6.29. The van der Waals surface area contributed by atoms with E-state index in [0.717, 1.165) is 11.3 Å². The summed E-state index contributed by atoms with van der Waals surface area (Å²) in [7, 11) is 0. The van der Waals surface area contributed by atoms with Gasteiger partial charge in [0.25, 0.3) is 0 Å². The van der Waals surface area contributed by atoms with Gasteiger partial charge in [0, 0.05) is 10.9 Å². The summed E-state index contributed by atoms with van der Waals surface area (Å²) in [6.45, 7) is 4.14. The number of hydrogen-bond donors (Lipinski definition) is 1. The van der Waals surface area contributed by atoms with Crippen molar-refractivity contribution in [3.63, 3.8) is 0 Å². The molecule has 0 saturated carbocycles. The Kier molecular flexibility index (Phi) is 4.18. The van der Waals surface area contributed by atoms with Crippen molar-refractivity contribution in [2.45, 2.75) is 20.3 Å². The number of halogens is 1. The molecular weight excluding hydrogens is 303 g/mol. The Morgan fingerprint density at radius 3 is 2.50 bits per heavy atom. The van der Waals surface area contributed by atoms with Gasteiger partial charge in [-0.15, -0.1) is 0 Å². The maximum atomic E-state index is 13.3. The topological polar surface area (TPSA) is 56.9 Å². The van der Waals surface area contributed by atoms with Crippen LogP contribution in [0.4, 0.5) is 4.39 Å². The van der Waals surface area contributed by atoms with Gasteiger partial charge in [-0.2, -0.15) is 5.26 Å². The first-order valence-electron chi connectivity index (χ1n) is 7.81. The molecule has 120 valence electrons. The lowest BCUT2D eigenvalue weighted by Gasteiger charge is -2.15. The lowest BCUT2D eigenvalue weighted by molar-refractivity contribution is 0.476. The zero-order valence-electron chi connectivity index (χ0n) is 13.5. The van der Waals surface area contributed by atoms with Crippen LogP contribution in [0.3, 0.4) is 0 Å². The fourth-order valence-electron chi connectivity index (χ4n) is 2.87. The standard InChI is InChI=1S/C20H17FN2O/c1-12(2)9-19-17(11-22)20(13-3-5-14(21)6-4-13)16-10-15(24)7-8-18(16)23-19/h3-8,10,12,24H,9H2,1-2H3. The molecule has 0 spiro atoms. The molecular formula is C20H17FN2O. The third kappa shape index (κ3) is 2.93. The number of nitriles is 1. The largest absolute Gasteiger partial charge is 0.508 e. The maximum Gasteiger partial charge on any atom is 0.123 e.